The van der Waals surface area contributed by atoms with E-state index in [-0.39, 0.29) is 12.7 Å². The summed E-state index contributed by atoms with van der Waals surface area (Å²) < 4.78 is 12.4. The maximum atomic E-state index is 12.4. The van der Waals surface area contributed by atoms with Crippen molar-refractivity contribution in [1.82, 2.24) is 14.8 Å². The molecule has 2 N–H and O–H groups in total. The first kappa shape index (κ1) is 20.3. The lowest BCUT2D eigenvalue weighted by Gasteiger charge is -2.39. The van der Waals surface area contributed by atoms with Gasteiger partial charge in [0.15, 0.2) is 0 Å². The van der Waals surface area contributed by atoms with Gasteiger partial charge in [-0.2, -0.15) is 0 Å². The van der Waals surface area contributed by atoms with Gasteiger partial charge in [0.05, 0.1) is 12.1 Å². The van der Waals surface area contributed by atoms with Crippen molar-refractivity contribution >= 4 is 16.6 Å². The first-order valence-electron chi connectivity index (χ1n) is 11.4. The summed E-state index contributed by atoms with van der Waals surface area (Å²) in [6, 6.07) is 18.2. The van der Waals surface area contributed by atoms with Crippen molar-refractivity contribution in [2.45, 2.75) is 24.9 Å². The number of halogens is 1. The second-order valence-corrected chi connectivity index (χ2v) is 8.74. The van der Waals surface area contributed by atoms with Gasteiger partial charge in [-0.15, -0.1) is 6.58 Å². The van der Waals surface area contributed by atoms with Crippen LogP contribution in [0.3, 0.4) is 0 Å². The smallest absolute Gasteiger partial charge is 0.102 e. The third-order valence-electron chi connectivity index (χ3n) is 6.71. The molecular formula is C26H31FN4. The van der Waals surface area contributed by atoms with Crippen molar-refractivity contribution in [3.63, 3.8) is 0 Å². The van der Waals surface area contributed by atoms with Crippen LogP contribution in [0.15, 0.2) is 61.2 Å². The van der Waals surface area contributed by atoms with Crippen LogP contribution < -0.4 is 5.32 Å². The average Bonchev–Trinajstić information content (AvgIpc) is 3.15. The van der Waals surface area contributed by atoms with E-state index in [0.29, 0.717) is 12.6 Å². The number of hydrogen-bond acceptors (Lipinski definition) is 3. The number of rotatable bonds is 8. The van der Waals surface area contributed by atoms with Crippen LogP contribution in [0.1, 0.15) is 29.3 Å². The number of H-pyrrole nitrogens is 1. The number of alkyl halides is 1. The Morgan fingerprint density at radius 1 is 1.10 bits per heavy atom. The Morgan fingerprint density at radius 2 is 1.90 bits per heavy atom. The molecule has 3 aromatic rings. The first-order chi connectivity index (χ1) is 15.3. The number of hydrogen-bond donors (Lipinski definition) is 2. The van der Waals surface area contributed by atoms with E-state index in [1.165, 1.54) is 27.7 Å². The molecule has 1 aromatic heterocycles. The number of aromatic nitrogens is 1. The number of anilines is 1. The van der Waals surface area contributed by atoms with E-state index in [9.17, 15) is 4.39 Å². The quantitative estimate of drug-likeness (QED) is 0.518. The lowest BCUT2D eigenvalue weighted by atomic mass is 9.92. The minimum Gasteiger partial charge on any atom is -0.380 e. The summed E-state index contributed by atoms with van der Waals surface area (Å²) in [7, 11) is 0. The highest BCUT2D eigenvalue weighted by Crippen LogP contribution is 2.38. The summed E-state index contributed by atoms with van der Waals surface area (Å²) in [5.41, 5.74) is 6.47. The van der Waals surface area contributed by atoms with Gasteiger partial charge in [-0.05, 0) is 42.2 Å². The van der Waals surface area contributed by atoms with Crippen LogP contribution in [-0.4, -0.2) is 60.2 Å². The summed E-state index contributed by atoms with van der Waals surface area (Å²) in [5, 5.41) is 4.94. The van der Waals surface area contributed by atoms with Crippen molar-refractivity contribution in [2.24, 2.45) is 0 Å². The van der Waals surface area contributed by atoms with E-state index in [2.05, 4.69) is 75.2 Å². The molecule has 0 unspecified atom stereocenters. The van der Waals surface area contributed by atoms with Gasteiger partial charge in [0, 0.05) is 55.0 Å². The van der Waals surface area contributed by atoms with Crippen LogP contribution in [0.2, 0.25) is 0 Å². The van der Waals surface area contributed by atoms with Crippen LogP contribution in [0.5, 0.6) is 0 Å². The molecule has 5 heteroatoms. The molecule has 0 aliphatic carbocycles. The fourth-order valence-corrected chi connectivity index (χ4v) is 5.13. The Kier molecular flexibility index (Phi) is 5.79. The molecular weight excluding hydrogens is 387 g/mol. The van der Waals surface area contributed by atoms with Crippen LogP contribution >= 0.6 is 0 Å². The van der Waals surface area contributed by atoms with Crippen molar-refractivity contribution in [3.8, 4) is 0 Å². The van der Waals surface area contributed by atoms with Gasteiger partial charge in [-0.1, -0.05) is 36.4 Å². The Bertz CT molecular complexity index is 1040. The fourth-order valence-electron chi connectivity index (χ4n) is 5.13. The molecule has 0 spiro atoms. The third-order valence-corrected chi connectivity index (χ3v) is 6.71. The van der Waals surface area contributed by atoms with E-state index >= 15 is 0 Å². The Hall–Kier alpha value is -2.63. The van der Waals surface area contributed by atoms with Gasteiger partial charge < -0.3 is 10.3 Å². The maximum absolute atomic E-state index is 12.4. The predicted molar refractivity (Wildman–Crippen MR) is 127 cm³/mol. The molecule has 2 aliphatic heterocycles. The molecule has 0 radical (unpaired) electrons. The van der Waals surface area contributed by atoms with E-state index in [4.69, 9.17) is 0 Å². The second kappa shape index (κ2) is 8.85. The summed E-state index contributed by atoms with van der Waals surface area (Å²) >= 11 is 0. The van der Waals surface area contributed by atoms with Crippen molar-refractivity contribution in [2.75, 3.05) is 44.7 Å². The fraction of sp³-hybridized carbons (Fsp3) is 0.385. The van der Waals surface area contributed by atoms with Crippen LogP contribution in [0.4, 0.5) is 10.1 Å². The zero-order chi connectivity index (χ0) is 21.2. The van der Waals surface area contributed by atoms with Crippen LogP contribution in [0, 0.1) is 0 Å². The Morgan fingerprint density at radius 3 is 2.68 bits per heavy atom. The molecule has 2 aromatic carbocycles. The number of fused-ring (bicyclic) bond motifs is 3. The number of aromatic amines is 1. The number of benzene rings is 2. The van der Waals surface area contributed by atoms with Gasteiger partial charge >= 0.3 is 0 Å². The van der Waals surface area contributed by atoms with E-state index < -0.39 is 0 Å². The summed E-state index contributed by atoms with van der Waals surface area (Å²) in [4.78, 5) is 8.45. The van der Waals surface area contributed by atoms with Gasteiger partial charge in [-0.3, -0.25) is 9.80 Å². The number of likely N-dealkylation sites (tertiary alicyclic amines) is 1. The monoisotopic (exact) mass is 418 g/mol. The molecule has 2 aliphatic rings. The molecule has 0 saturated carbocycles. The normalized spacial score (nSPS) is 19.8. The van der Waals surface area contributed by atoms with Gasteiger partial charge in [0.25, 0.3) is 0 Å². The average molecular weight is 419 g/mol. The molecule has 0 bridgehead atoms. The van der Waals surface area contributed by atoms with Crippen LogP contribution in [-0.2, 0) is 6.42 Å². The van der Waals surface area contributed by atoms with Crippen molar-refractivity contribution < 1.29 is 4.39 Å². The molecule has 31 heavy (non-hydrogen) atoms. The third kappa shape index (κ3) is 4.00. The molecule has 0 amide bonds. The Labute approximate surface area is 183 Å². The molecule has 3 heterocycles. The van der Waals surface area contributed by atoms with E-state index in [1.807, 2.05) is 6.08 Å². The maximum Gasteiger partial charge on any atom is 0.102 e. The van der Waals surface area contributed by atoms with Crippen molar-refractivity contribution in [3.05, 3.63) is 78.0 Å². The van der Waals surface area contributed by atoms with E-state index in [0.717, 1.165) is 44.7 Å². The lowest BCUT2D eigenvalue weighted by molar-refractivity contribution is 0.150. The topological polar surface area (TPSA) is 34.3 Å². The molecule has 1 fully saturated rings. The SMILES string of the molecule is C=CCCN1CCc2c([nH]c3ccccc23)[C@H]1c1ccc(NC2CN(CCF)C2)cc1. The molecule has 1 atom stereocenters. The lowest BCUT2D eigenvalue weighted by Crippen LogP contribution is -2.55. The van der Waals surface area contributed by atoms with E-state index in [1.54, 1.807) is 0 Å². The summed E-state index contributed by atoms with van der Waals surface area (Å²) in [6.45, 7) is 8.11. The summed E-state index contributed by atoms with van der Waals surface area (Å²) in [6.07, 6.45) is 4.07. The largest absolute Gasteiger partial charge is 0.380 e. The zero-order valence-corrected chi connectivity index (χ0v) is 18.0. The highest BCUT2D eigenvalue weighted by molar-refractivity contribution is 5.85. The zero-order valence-electron chi connectivity index (χ0n) is 18.0. The molecule has 4 nitrogen and oxygen atoms in total. The minimum atomic E-state index is -0.263. The number of nitrogens with zero attached hydrogens (tertiary/aromatic N) is 2. The number of para-hydroxylation sites is 1. The summed E-state index contributed by atoms with van der Waals surface area (Å²) in [5.74, 6) is 0. The van der Waals surface area contributed by atoms with Crippen LogP contribution in [0.25, 0.3) is 10.9 Å². The molecule has 1 saturated heterocycles. The van der Waals surface area contributed by atoms with Gasteiger partial charge in [0.2, 0.25) is 0 Å². The first-order valence-corrected chi connectivity index (χ1v) is 11.4. The highest BCUT2D eigenvalue weighted by Gasteiger charge is 2.31. The highest BCUT2D eigenvalue weighted by atomic mass is 19.1. The second-order valence-electron chi connectivity index (χ2n) is 8.74. The Balaban J connectivity index is 1.39. The predicted octanol–water partition coefficient (Wildman–Crippen LogP) is 4.76. The van der Waals surface area contributed by atoms with Crippen molar-refractivity contribution in [1.29, 1.82) is 0 Å². The standard InChI is InChI=1S/C26H31FN4/c1-2-3-14-31-15-12-23-22-6-4-5-7-24(22)29-25(23)26(31)19-8-10-20(11-9-19)28-21-17-30(18-21)16-13-27/h2,4-11,21,26,28-29H,1,3,12-18H2/t26-/m1/s1. The minimum absolute atomic E-state index is 0.230. The van der Waals surface area contributed by atoms with Gasteiger partial charge in [0.1, 0.15) is 6.67 Å². The molecule has 5 rings (SSSR count). The number of nitrogens with one attached hydrogen (secondary N) is 2. The van der Waals surface area contributed by atoms with Gasteiger partial charge in [-0.25, -0.2) is 4.39 Å². The molecule has 162 valence electrons.